The van der Waals surface area contributed by atoms with Crippen LogP contribution in [0.15, 0.2) is 30.3 Å². The van der Waals surface area contributed by atoms with Gasteiger partial charge in [0.1, 0.15) is 16.7 Å². The molecule has 0 radical (unpaired) electrons. The van der Waals surface area contributed by atoms with Crippen molar-refractivity contribution in [1.29, 1.82) is 0 Å². The van der Waals surface area contributed by atoms with E-state index in [0.717, 1.165) is 18.4 Å². The molecule has 7 nitrogen and oxygen atoms in total. The summed E-state index contributed by atoms with van der Waals surface area (Å²) in [5, 5.41) is 0. The number of benzene rings is 1. The highest BCUT2D eigenvalue weighted by Gasteiger charge is 2.58. The van der Waals surface area contributed by atoms with Gasteiger partial charge in [0, 0.05) is 39.1 Å². The molecule has 146 valence electrons. The Balaban J connectivity index is 1.54. The van der Waals surface area contributed by atoms with E-state index in [1.165, 1.54) is 4.90 Å². The van der Waals surface area contributed by atoms with Crippen molar-refractivity contribution in [1.82, 2.24) is 9.80 Å². The number of hydrogen-bond donors (Lipinski definition) is 0. The number of piperidine rings is 1. The summed E-state index contributed by atoms with van der Waals surface area (Å²) in [4.78, 5) is 27.1. The summed E-state index contributed by atoms with van der Waals surface area (Å²) >= 11 is 0. The topological polar surface area (TPSA) is 84.0 Å². The Hall–Kier alpha value is -1.93. The third-order valence-electron chi connectivity index (χ3n) is 5.93. The molecule has 27 heavy (non-hydrogen) atoms. The van der Waals surface area contributed by atoms with E-state index in [1.807, 2.05) is 30.3 Å². The number of likely N-dealkylation sites (tertiary alicyclic amines) is 1. The van der Waals surface area contributed by atoms with Gasteiger partial charge < -0.3 is 14.5 Å². The predicted octanol–water partition coefficient (Wildman–Crippen LogP) is 0.941. The molecule has 8 heteroatoms. The average molecular weight is 392 g/mol. The third kappa shape index (κ3) is 3.14. The molecule has 3 aliphatic heterocycles. The van der Waals surface area contributed by atoms with Gasteiger partial charge >= 0.3 is 0 Å². The van der Waals surface area contributed by atoms with E-state index in [1.54, 1.807) is 4.90 Å². The van der Waals surface area contributed by atoms with Crippen molar-refractivity contribution < 1.29 is 22.7 Å². The molecule has 2 amide bonds. The molecule has 0 N–H and O–H groups in total. The van der Waals surface area contributed by atoms with Gasteiger partial charge in [-0.3, -0.25) is 9.59 Å². The lowest BCUT2D eigenvalue weighted by Gasteiger charge is -2.43. The first-order valence-electron chi connectivity index (χ1n) is 9.40. The smallest absolute Gasteiger partial charge is 0.251 e. The molecule has 1 unspecified atom stereocenters. The van der Waals surface area contributed by atoms with E-state index < -0.39 is 26.6 Å². The minimum Gasteiger partial charge on any atom is -0.368 e. The molecular weight excluding hydrogens is 368 g/mol. The van der Waals surface area contributed by atoms with Crippen LogP contribution in [0.4, 0.5) is 0 Å². The number of carbonyl (C=O) groups excluding carboxylic acids is 2. The van der Waals surface area contributed by atoms with E-state index in [0.29, 0.717) is 19.7 Å². The fourth-order valence-corrected chi connectivity index (χ4v) is 6.46. The fourth-order valence-electron chi connectivity index (χ4n) is 4.40. The summed E-state index contributed by atoms with van der Waals surface area (Å²) in [6.07, 6.45) is 1.71. The van der Waals surface area contributed by atoms with Gasteiger partial charge in [0.15, 0.2) is 9.84 Å². The molecule has 0 bridgehead atoms. The summed E-state index contributed by atoms with van der Waals surface area (Å²) in [5.74, 6) is -0.851. The molecule has 3 aliphatic rings. The highest BCUT2D eigenvalue weighted by molar-refractivity contribution is 7.93. The molecule has 1 aromatic rings. The molecule has 0 aliphatic carbocycles. The van der Waals surface area contributed by atoms with Crippen LogP contribution >= 0.6 is 0 Å². The van der Waals surface area contributed by atoms with Gasteiger partial charge in [0.25, 0.3) is 5.91 Å². The SMILES string of the molecule is O=C(C1CCCO1)N1CCC2(CC1)N(Cc1ccccc1)C(=O)CS2(=O)=O. The molecule has 1 spiro atoms. The summed E-state index contributed by atoms with van der Waals surface area (Å²) in [5.41, 5.74) is 0.903. The van der Waals surface area contributed by atoms with E-state index in [-0.39, 0.29) is 31.2 Å². The highest BCUT2D eigenvalue weighted by Crippen LogP contribution is 2.41. The maximum absolute atomic E-state index is 12.9. The maximum atomic E-state index is 12.9. The lowest BCUT2D eigenvalue weighted by atomic mass is 10.00. The van der Waals surface area contributed by atoms with Gasteiger partial charge in [-0.1, -0.05) is 30.3 Å². The maximum Gasteiger partial charge on any atom is 0.251 e. The van der Waals surface area contributed by atoms with Crippen LogP contribution in [0.2, 0.25) is 0 Å². The lowest BCUT2D eigenvalue weighted by Crippen LogP contribution is -2.57. The number of sulfone groups is 1. The van der Waals surface area contributed by atoms with Crippen molar-refractivity contribution >= 4 is 21.7 Å². The molecule has 3 heterocycles. The van der Waals surface area contributed by atoms with Crippen LogP contribution in [0.1, 0.15) is 31.2 Å². The molecule has 1 atom stereocenters. The van der Waals surface area contributed by atoms with Crippen LogP contribution in [-0.4, -0.2) is 66.5 Å². The lowest BCUT2D eigenvalue weighted by molar-refractivity contribution is -0.143. The van der Waals surface area contributed by atoms with E-state index in [2.05, 4.69) is 0 Å². The Morgan fingerprint density at radius 3 is 2.52 bits per heavy atom. The Bertz CT molecular complexity index is 825. The fraction of sp³-hybridized carbons (Fsp3) is 0.579. The van der Waals surface area contributed by atoms with Gasteiger partial charge in [-0.25, -0.2) is 8.42 Å². The summed E-state index contributed by atoms with van der Waals surface area (Å²) in [7, 11) is -3.59. The Kier molecular flexibility index (Phi) is 4.71. The van der Waals surface area contributed by atoms with Crippen LogP contribution in [0, 0.1) is 0 Å². The van der Waals surface area contributed by atoms with E-state index in [4.69, 9.17) is 4.74 Å². The summed E-state index contributed by atoms with van der Waals surface area (Å²) in [6.45, 7) is 1.54. The normalized spacial score (nSPS) is 26.7. The second-order valence-electron chi connectivity index (χ2n) is 7.50. The number of rotatable bonds is 3. The van der Waals surface area contributed by atoms with E-state index >= 15 is 0 Å². The second-order valence-corrected chi connectivity index (χ2v) is 9.78. The summed E-state index contributed by atoms with van der Waals surface area (Å²) < 4.78 is 31.3. The Morgan fingerprint density at radius 2 is 1.89 bits per heavy atom. The molecule has 3 saturated heterocycles. The second kappa shape index (κ2) is 6.91. The van der Waals surface area contributed by atoms with Crippen LogP contribution < -0.4 is 0 Å². The Labute approximate surface area is 159 Å². The van der Waals surface area contributed by atoms with Gasteiger partial charge in [-0.15, -0.1) is 0 Å². The highest BCUT2D eigenvalue weighted by atomic mass is 32.2. The quantitative estimate of drug-likeness (QED) is 0.765. The average Bonchev–Trinajstić information content (AvgIpc) is 3.25. The first kappa shape index (κ1) is 18.4. The van der Waals surface area contributed by atoms with Crippen LogP contribution in [0.5, 0.6) is 0 Å². The molecule has 0 aromatic heterocycles. The zero-order valence-electron chi connectivity index (χ0n) is 15.2. The van der Waals surface area contributed by atoms with E-state index in [9.17, 15) is 18.0 Å². The molecule has 3 fully saturated rings. The number of carbonyl (C=O) groups is 2. The van der Waals surface area contributed by atoms with Crippen molar-refractivity contribution in [3.8, 4) is 0 Å². The standard InChI is InChI=1S/C19H24N2O5S/c22-17-14-27(24,25)19(21(17)13-15-5-2-1-3-6-15)8-10-20(11-9-19)18(23)16-7-4-12-26-16/h1-3,5-6,16H,4,7-14H2. The van der Waals surface area contributed by atoms with Crippen molar-refractivity contribution in [2.75, 3.05) is 25.4 Å². The van der Waals surface area contributed by atoms with Crippen molar-refractivity contribution in [3.63, 3.8) is 0 Å². The van der Waals surface area contributed by atoms with Crippen LogP contribution in [0.25, 0.3) is 0 Å². The van der Waals surface area contributed by atoms with Crippen LogP contribution in [-0.2, 0) is 30.7 Å². The van der Waals surface area contributed by atoms with Gasteiger partial charge in [-0.05, 0) is 18.4 Å². The molecule has 0 saturated carbocycles. The van der Waals surface area contributed by atoms with Crippen molar-refractivity contribution in [2.45, 2.75) is 43.2 Å². The number of ether oxygens (including phenoxy) is 1. The minimum atomic E-state index is -3.59. The van der Waals surface area contributed by atoms with Gasteiger partial charge in [-0.2, -0.15) is 0 Å². The summed E-state index contributed by atoms with van der Waals surface area (Å²) in [6, 6.07) is 9.42. The van der Waals surface area contributed by atoms with Crippen molar-refractivity contribution in [2.24, 2.45) is 0 Å². The first-order chi connectivity index (χ1) is 12.9. The number of nitrogens with zero attached hydrogens (tertiary/aromatic N) is 2. The zero-order valence-corrected chi connectivity index (χ0v) is 16.0. The minimum absolute atomic E-state index is 0.0568. The molecule has 1 aromatic carbocycles. The number of hydrogen-bond acceptors (Lipinski definition) is 5. The monoisotopic (exact) mass is 392 g/mol. The first-order valence-corrected chi connectivity index (χ1v) is 11.1. The Morgan fingerprint density at radius 1 is 1.19 bits per heavy atom. The van der Waals surface area contributed by atoms with Gasteiger partial charge in [0.05, 0.1) is 0 Å². The largest absolute Gasteiger partial charge is 0.368 e. The van der Waals surface area contributed by atoms with Gasteiger partial charge in [0.2, 0.25) is 5.91 Å². The van der Waals surface area contributed by atoms with Crippen LogP contribution in [0.3, 0.4) is 0 Å². The number of amides is 2. The zero-order chi connectivity index (χ0) is 19.1. The predicted molar refractivity (Wildman–Crippen MR) is 98.3 cm³/mol. The molecular formula is C19H24N2O5S. The third-order valence-corrected chi connectivity index (χ3v) is 8.34. The molecule has 4 rings (SSSR count). The van der Waals surface area contributed by atoms with Crippen molar-refractivity contribution in [3.05, 3.63) is 35.9 Å².